The maximum absolute atomic E-state index is 12.0. The fourth-order valence-corrected chi connectivity index (χ4v) is 2.51. The molecule has 0 bridgehead atoms. The molecule has 0 fully saturated rings. The lowest BCUT2D eigenvalue weighted by Crippen LogP contribution is -2.22. The summed E-state index contributed by atoms with van der Waals surface area (Å²) in [5.74, 6) is 0. The summed E-state index contributed by atoms with van der Waals surface area (Å²) < 4.78 is 1.35. The molecule has 18 heavy (non-hydrogen) atoms. The molecule has 0 aromatic carbocycles. The van der Waals surface area contributed by atoms with Gasteiger partial charge in [0.1, 0.15) is 0 Å². The summed E-state index contributed by atoms with van der Waals surface area (Å²) in [5.41, 5.74) is 1.98. The van der Waals surface area contributed by atoms with E-state index in [2.05, 4.69) is 29.2 Å². The van der Waals surface area contributed by atoms with Crippen molar-refractivity contribution in [1.82, 2.24) is 14.8 Å². The van der Waals surface area contributed by atoms with E-state index in [9.17, 15) is 4.79 Å². The summed E-state index contributed by atoms with van der Waals surface area (Å²) in [4.78, 5) is 16.4. The van der Waals surface area contributed by atoms with Crippen molar-refractivity contribution >= 4 is 16.5 Å². The Morgan fingerprint density at radius 2 is 2.17 bits per heavy atom. The van der Waals surface area contributed by atoms with Gasteiger partial charge < -0.3 is 5.32 Å². The molecule has 0 aliphatic carbocycles. The topological polar surface area (TPSA) is 59.8 Å². The summed E-state index contributed by atoms with van der Waals surface area (Å²) in [6, 6.07) is 2.10. The highest BCUT2D eigenvalue weighted by molar-refractivity contribution is 7.14. The van der Waals surface area contributed by atoms with Crippen molar-refractivity contribution in [2.24, 2.45) is 7.05 Å². The molecule has 0 saturated heterocycles. The van der Waals surface area contributed by atoms with E-state index in [4.69, 9.17) is 0 Å². The van der Waals surface area contributed by atoms with Gasteiger partial charge in [0.2, 0.25) is 0 Å². The van der Waals surface area contributed by atoms with Gasteiger partial charge in [-0.1, -0.05) is 0 Å². The van der Waals surface area contributed by atoms with Gasteiger partial charge in [-0.2, -0.15) is 5.10 Å². The van der Waals surface area contributed by atoms with E-state index in [1.807, 2.05) is 12.3 Å². The lowest BCUT2D eigenvalue weighted by atomic mass is 10.2. The number of nitrogens with zero attached hydrogens (tertiary/aromatic N) is 3. The van der Waals surface area contributed by atoms with Crippen molar-refractivity contribution in [2.75, 3.05) is 5.32 Å². The van der Waals surface area contributed by atoms with Crippen LogP contribution in [0.4, 0.5) is 5.13 Å². The summed E-state index contributed by atoms with van der Waals surface area (Å²) in [5, 5.41) is 10.0. The summed E-state index contributed by atoms with van der Waals surface area (Å²) in [6.45, 7) is 5.97. The van der Waals surface area contributed by atoms with Crippen LogP contribution in [0.5, 0.6) is 0 Å². The van der Waals surface area contributed by atoms with E-state index in [0.29, 0.717) is 17.3 Å². The second-order valence-corrected chi connectivity index (χ2v) is 5.32. The van der Waals surface area contributed by atoms with Crippen LogP contribution in [-0.4, -0.2) is 20.8 Å². The smallest absolute Gasteiger partial charge is 0.275 e. The molecule has 0 saturated carbocycles. The van der Waals surface area contributed by atoms with Gasteiger partial charge in [-0.05, 0) is 26.8 Å². The standard InChI is InChI=1S/C12H16N4OS/c1-7(2)13-12-14-10(6-18-12)9-5-8(3)15-16(4)11(9)17/h5-7H,1-4H3,(H,13,14). The van der Waals surface area contributed by atoms with E-state index < -0.39 is 0 Å². The normalized spacial score (nSPS) is 10.9. The number of anilines is 1. The molecule has 5 nitrogen and oxygen atoms in total. The molecule has 2 aromatic heterocycles. The molecular weight excluding hydrogens is 248 g/mol. The van der Waals surface area contributed by atoms with Crippen molar-refractivity contribution in [3.8, 4) is 11.3 Å². The van der Waals surface area contributed by atoms with Crippen molar-refractivity contribution in [2.45, 2.75) is 26.8 Å². The first-order valence-corrected chi connectivity index (χ1v) is 6.62. The first kappa shape index (κ1) is 12.8. The fourth-order valence-electron chi connectivity index (χ4n) is 1.65. The molecule has 0 aliphatic rings. The monoisotopic (exact) mass is 264 g/mol. The molecule has 2 rings (SSSR count). The Balaban J connectivity index is 2.43. The molecule has 1 N–H and O–H groups in total. The van der Waals surface area contributed by atoms with E-state index in [-0.39, 0.29) is 5.56 Å². The minimum Gasteiger partial charge on any atom is -0.359 e. The van der Waals surface area contributed by atoms with Crippen molar-refractivity contribution < 1.29 is 0 Å². The lowest BCUT2D eigenvalue weighted by Gasteiger charge is -2.05. The van der Waals surface area contributed by atoms with Crippen LogP contribution in [0, 0.1) is 6.92 Å². The van der Waals surface area contributed by atoms with Crippen molar-refractivity contribution in [1.29, 1.82) is 0 Å². The number of aryl methyl sites for hydroxylation is 2. The second-order valence-electron chi connectivity index (χ2n) is 4.47. The predicted molar refractivity (Wildman–Crippen MR) is 74.1 cm³/mol. The molecule has 0 radical (unpaired) electrons. The van der Waals surface area contributed by atoms with E-state index in [1.54, 1.807) is 13.1 Å². The van der Waals surface area contributed by atoms with Gasteiger partial charge in [0, 0.05) is 18.5 Å². The Labute approximate surface area is 110 Å². The highest BCUT2D eigenvalue weighted by Gasteiger charge is 2.11. The van der Waals surface area contributed by atoms with Gasteiger partial charge in [0.05, 0.1) is 17.0 Å². The van der Waals surface area contributed by atoms with Crippen LogP contribution in [0.3, 0.4) is 0 Å². The molecule has 96 valence electrons. The molecule has 0 spiro atoms. The summed E-state index contributed by atoms with van der Waals surface area (Å²) in [7, 11) is 1.65. The number of hydrogen-bond donors (Lipinski definition) is 1. The van der Waals surface area contributed by atoms with Gasteiger partial charge in [0.25, 0.3) is 5.56 Å². The lowest BCUT2D eigenvalue weighted by molar-refractivity contribution is 0.694. The highest BCUT2D eigenvalue weighted by Crippen LogP contribution is 2.23. The zero-order valence-electron chi connectivity index (χ0n) is 10.9. The second kappa shape index (κ2) is 4.89. The van der Waals surface area contributed by atoms with Gasteiger partial charge in [-0.25, -0.2) is 9.67 Å². The molecular formula is C12H16N4OS. The quantitative estimate of drug-likeness (QED) is 0.921. The van der Waals surface area contributed by atoms with Crippen molar-refractivity contribution in [3.63, 3.8) is 0 Å². The van der Waals surface area contributed by atoms with Crippen LogP contribution in [0.1, 0.15) is 19.5 Å². The third-order valence-electron chi connectivity index (χ3n) is 2.38. The number of thiazole rings is 1. The van der Waals surface area contributed by atoms with E-state index in [0.717, 1.165) is 10.8 Å². The summed E-state index contributed by atoms with van der Waals surface area (Å²) >= 11 is 1.50. The largest absolute Gasteiger partial charge is 0.359 e. The van der Waals surface area contributed by atoms with Gasteiger partial charge in [0.15, 0.2) is 5.13 Å². The minimum atomic E-state index is -0.123. The molecule has 0 aliphatic heterocycles. The SMILES string of the molecule is Cc1cc(-c2csc(NC(C)C)n2)c(=O)n(C)n1. The third kappa shape index (κ3) is 2.59. The molecule has 2 heterocycles. The van der Waals surface area contributed by atoms with Gasteiger partial charge >= 0.3 is 0 Å². The van der Waals surface area contributed by atoms with Crippen molar-refractivity contribution in [3.05, 3.63) is 27.5 Å². The fraction of sp³-hybridized carbons (Fsp3) is 0.417. The number of aromatic nitrogens is 3. The number of hydrogen-bond acceptors (Lipinski definition) is 5. The molecule has 0 unspecified atom stereocenters. The number of nitrogens with one attached hydrogen (secondary N) is 1. The van der Waals surface area contributed by atoms with E-state index >= 15 is 0 Å². The Morgan fingerprint density at radius 1 is 1.44 bits per heavy atom. The van der Waals surface area contributed by atoms with Crippen LogP contribution in [0.25, 0.3) is 11.3 Å². The van der Waals surface area contributed by atoms with Crippen LogP contribution >= 0.6 is 11.3 Å². The predicted octanol–water partition coefficient (Wildman–Crippen LogP) is 2.03. The zero-order valence-corrected chi connectivity index (χ0v) is 11.7. The molecule has 2 aromatic rings. The minimum absolute atomic E-state index is 0.123. The Kier molecular flexibility index (Phi) is 3.47. The van der Waals surface area contributed by atoms with Gasteiger partial charge in [-0.3, -0.25) is 4.79 Å². The third-order valence-corrected chi connectivity index (χ3v) is 3.15. The first-order chi connectivity index (χ1) is 8.47. The molecule has 0 amide bonds. The zero-order chi connectivity index (χ0) is 13.3. The van der Waals surface area contributed by atoms with Crippen LogP contribution in [0.2, 0.25) is 0 Å². The number of rotatable bonds is 3. The maximum Gasteiger partial charge on any atom is 0.275 e. The molecule has 0 atom stereocenters. The van der Waals surface area contributed by atoms with Gasteiger partial charge in [-0.15, -0.1) is 11.3 Å². The van der Waals surface area contributed by atoms with Crippen LogP contribution in [0.15, 0.2) is 16.2 Å². The average Bonchev–Trinajstić information content (AvgIpc) is 2.70. The van der Waals surface area contributed by atoms with Crippen LogP contribution in [-0.2, 0) is 7.05 Å². The highest BCUT2D eigenvalue weighted by atomic mass is 32.1. The Bertz CT molecular complexity index is 615. The average molecular weight is 264 g/mol. The van der Waals surface area contributed by atoms with Crippen LogP contribution < -0.4 is 10.9 Å². The Hall–Kier alpha value is -1.69. The Morgan fingerprint density at radius 3 is 2.83 bits per heavy atom. The molecule has 6 heteroatoms. The first-order valence-electron chi connectivity index (χ1n) is 5.74. The maximum atomic E-state index is 12.0. The van der Waals surface area contributed by atoms with E-state index in [1.165, 1.54) is 16.0 Å². The summed E-state index contributed by atoms with van der Waals surface area (Å²) in [6.07, 6.45) is 0.